The molecule has 14 heavy (non-hydrogen) atoms. The minimum atomic E-state index is 0.0471. The van der Waals surface area contributed by atoms with Crippen LogP contribution in [0, 0.1) is 5.92 Å². The van der Waals surface area contributed by atoms with Gasteiger partial charge in [0.05, 0.1) is 0 Å². The fourth-order valence-corrected chi connectivity index (χ4v) is 0.987. The average Bonchev–Trinajstić information content (AvgIpc) is 2.10. The predicted octanol–water partition coefficient (Wildman–Crippen LogP) is 1.46. The minimum absolute atomic E-state index is 0.0471. The monoisotopic (exact) mass is 195 g/mol. The van der Waals surface area contributed by atoms with Crippen molar-refractivity contribution >= 4 is 12.2 Å². The molecule has 78 valence electrons. The van der Waals surface area contributed by atoms with Gasteiger partial charge in [-0.25, -0.2) is 0 Å². The number of hydrogen-bond donors (Lipinski definition) is 1. The summed E-state index contributed by atoms with van der Waals surface area (Å²) in [7, 11) is 0. The van der Waals surface area contributed by atoms with Crippen LogP contribution in [0.3, 0.4) is 0 Å². The van der Waals surface area contributed by atoms with E-state index in [-0.39, 0.29) is 11.7 Å². The van der Waals surface area contributed by atoms with Gasteiger partial charge in [0.1, 0.15) is 0 Å². The molecule has 1 amide bonds. The molecule has 0 aliphatic rings. The van der Waals surface area contributed by atoms with Gasteiger partial charge in [0, 0.05) is 6.54 Å². The highest BCUT2D eigenvalue weighted by Gasteiger charge is 1.94. The van der Waals surface area contributed by atoms with Gasteiger partial charge in [-0.15, -0.1) is 0 Å². The van der Waals surface area contributed by atoms with E-state index < -0.39 is 0 Å². The van der Waals surface area contributed by atoms with Crippen molar-refractivity contribution in [2.75, 3.05) is 6.54 Å². The van der Waals surface area contributed by atoms with Gasteiger partial charge in [0.2, 0.25) is 6.41 Å². The van der Waals surface area contributed by atoms with E-state index in [4.69, 9.17) is 0 Å². The molecule has 3 heteroatoms. The second-order valence-electron chi connectivity index (χ2n) is 3.36. The van der Waals surface area contributed by atoms with E-state index in [1.54, 1.807) is 6.08 Å². The normalized spacial score (nSPS) is 14.1. The van der Waals surface area contributed by atoms with Crippen LogP contribution in [0.5, 0.6) is 0 Å². The standard InChI is InChI=1S/C11H17NO2/c1-9(6-11(3)14)4-5-10(2)7-12-8-13/h4-6,8,10H,7H2,1-3H3,(H,12,13)/b5-4-,9-6+. The van der Waals surface area contributed by atoms with E-state index in [9.17, 15) is 9.59 Å². The summed E-state index contributed by atoms with van der Waals surface area (Å²) in [6, 6.07) is 0. The van der Waals surface area contributed by atoms with Gasteiger partial charge >= 0.3 is 0 Å². The van der Waals surface area contributed by atoms with Crippen molar-refractivity contribution in [1.29, 1.82) is 0 Å². The van der Waals surface area contributed by atoms with Crippen LogP contribution >= 0.6 is 0 Å². The van der Waals surface area contributed by atoms with Crippen molar-refractivity contribution in [1.82, 2.24) is 5.32 Å². The van der Waals surface area contributed by atoms with Crippen LogP contribution in [0.2, 0.25) is 0 Å². The van der Waals surface area contributed by atoms with Crippen LogP contribution in [0.25, 0.3) is 0 Å². The van der Waals surface area contributed by atoms with Crippen LogP contribution < -0.4 is 5.32 Å². The Morgan fingerprint density at radius 3 is 2.57 bits per heavy atom. The van der Waals surface area contributed by atoms with Crippen molar-refractivity contribution in [3.8, 4) is 0 Å². The fraction of sp³-hybridized carbons (Fsp3) is 0.455. The summed E-state index contributed by atoms with van der Waals surface area (Å²) in [5.41, 5.74) is 0.926. The number of rotatable bonds is 6. The van der Waals surface area contributed by atoms with Gasteiger partial charge in [-0.2, -0.15) is 0 Å². The molecule has 1 N–H and O–H groups in total. The highest BCUT2D eigenvalue weighted by Crippen LogP contribution is 2.00. The van der Waals surface area contributed by atoms with Gasteiger partial charge in [0.25, 0.3) is 0 Å². The highest BCUT2D eigenvalue weighted by atomic mass is 16.1. The third-order valence-electron chi connectivity index (χ3n) is 1.64. The van der Waals surface area contributed by atoms with Crippen molar-refractivity contribution in [3.05, 3.63) is 23.8 Å². The highest BCUT2D eigenvalue weighted by molar-refractivity contribution is 5.88. The summed E-state index contributed by atoms with van der Waals surface area (Å²) in [5, 5.41) is 2.59. The van der Waals surface area contributed by atoms with Gasteiger partial charge < -0.3 is 5.32 Å². The lowest BCUT2D eigenvalue weighted by Gasteiger charge is -2.03. The lowest BCUT2D eigenvalue weighted by atomic mass is 10.1. The number of allylic oxidation sites excluding steroid dienone is 3. The molecule has 0 fully saturated rings. The number of ketones is 1. The second-order valence-corrected chi connectivity index (χ2v) is 3.36. The molecular weight excluding hydrogens is 178 g/mol. The lowest BCUT2D eigenvalue weighted by molar-refractivity contribution is -0.112. The number of amides is 1. The maximum absolute atomic E-state index is 10.7. The maximum atomic E-state index is 10.7. The molecule has 0 spiro atoms. The van der Waals surface area contributed by atoms with Gasteiger partial charge in [-0.1, -0.05) is 19.1 Å². The molecule has 1 unspecified atom stereocenters. The van der Waals surface area contributed by atoms with E-state index >= 15 is 0 Å². The summed E-state index contributed by atoms with van der Waals surface area (Å²) in [4.78, 5) is 20.7. The molecule has 0 aromatic carbocycles. The summed E-state index contributed by atoms with van der Waals surface area (Å²) in [5.74, 6) is 0.321. The van der Waals surface area contributed by atoms with Crippen molar-refractivity contribution in [2.45, 2.75) is 20.8 Å². The van der Waals surface area contributed by atoms with E-state index in [0.29, 0.717) is 13.0 Å². The summed E-state index contributed by atoms with van der Waals surface area (Å²) in [6.07, 6.45) is 6.11. The van der Waals surface area contributed by atoms with Gasteiger partial charge in [0.15, 0.2) is 5.78 Å². The Bertz CT molecular complexity index is 254. The third kappa shape index (κ3) is 7.28. The van der Waals surface area contributed by atoms with Crippen LogP contribution in [-0.2, 0) is 9.59 Å². The molecule has 0 saturated carbocycles. The quantitative estimate of drug-likeness (QED) is 0.396. The lowest BCUT2D eigenvalue weighted by Crippen LogP contribution is -2.17. The Morgan fingerprint density at radius 2 is 2.07 bits per heavy atom. The molecule has 0 bridgehead atoms. The molecule has 0 rings (SSSR count). The zero-order valence-corrected chi connectivity index (χ0v) is 8.91. The van der Waals surface area contributed by atoms with E-state index in [1.165, 1.54) is 6.92 Å². The Kier molecular flexibility index (Phi) is 6.37. The first-order valence-corrected chi connectivity index (χ1v) is 4.60. The predicted molar refractivity (Wildman–Crippen MR) is 56.8 cm³/mol. The summed E-state index contributed by atoms with van der Waals surface area (Å²) >= 11 is 0. The number of carbonyl (C=O) groups is 2. The smallest absolute Gasteiger partial charge is 0.207 e. The first-order chi connectivity index (χ1) is 6.56. The topological polar surface area (TPSA) is 46.2 Å². The third-order valence-corrected chi connectivity index (χ3v) is 1.64. The molecule has 3 nitrogen and oxygen atoms in total. The average molecular weight is 195 g/mol. The molecule has 0 aromatic heterocycles. The van der Waals surface area contributed by atoms with E-state index in [0.717, 1.165) is 5.57 Å². The van der Waals surface area contributed by atoms with E-state index in [1.807, 2.05) is 26.0 Å². The summed E-state index contributed by atoms with van der Waals surface area (Å²) in [6.45, 7) is 6.01. The molecule has 0 aliphatic carbocycles. The van der Waals surface area contributed by atoms with Crippen LogP contribution in [0.15, 0.2) is 23.8 Å². The number of hydrogen-bond acceptors (Lipinski definition) is 2. The molecule has 0 aromatic rings. The summed E-state index contributed by atoms with van der Waals surface area (Å²) < 4.78 is 0. The maximum Gasteiger partial charge on any atom is 0.207 e. The van der Waals surface area contributed by atoms with Gasteiger partial charge in [-0.05, 0) is 31.4 Å². The molecule has 0 radical (unpaired) electrons. The Hall–Kier alpha value is -1.38. The molecule has 0 aliphatic heterocycles. The first-order valence-electron chi connectivity index (χ1n) is 4.60. The Balaban J connectivity index is 4.02. The van der Waals surface area contributed by atoms with Crippen molar-refractivity contribution < 1.29 is 9.59 Å². The number of carbonyl (C=O) groups excluding carboxylic acids is 2. The van der Waals surface area contributed by atoms with Crippen LogP contribution in [0.1, 0.15) is 20.8 Å². The fourth-order valence-electron chi connectivity index (χ4n) is 0.987. The largest absolute Gasteiger partial charge is 0.358 e. The Morgan fingerprint density at radius 1 is 1.43 bits per heavy atom. The van der Waals surface area contributed by atoms with Crippen molar-refractivity contribution in [2.24, 2.45) is 5.92 Å². The van der Waals surface area contributed by atoms with Crippen LogP contribution in [-0.4, -0.2) is 18.7 Å². The van der Waals surface area contributed by atoms with Crippen molar-refractivity contribution in [3.63, 3.8) is 0 Å². The van der Waals surface area contributed by atoms with Gasteiger partial charge in [-0.3, -0.25) is 9.59 Å². The van der Waals surface area contributed by atoms with Crippen LogP contribution in [0.4, 0.5) is 0 Å². The SMILES string of the molecule is CC(=O)/C=C(C)/C=C\C(C)CNC=O. The first kappa shape index (κ1) is 12.6. The molecule has 0 heterocycles. The zero-order chi connectivity index (χ0) is 11.0. The second kappa shape index (κ2) is 7.06. The van der Waals surface area contributed by atoms with E-state index in [2.05, 4.69) is 5.32 Å². The molecular formula is C11H17NO2. The molecule has 0 saturated heterocycles. The Labute approximate surface area is 84.9 Å². The minimum Gasteiger partial charge on any atom is -0.358 e. The number of nitrogens with one attached hydrogen (secondary N) is 1. The zero-order valence-electron chi connectivity index (χ0n) is 8.91. The molecule has 1 atom stereocenters.